The quantitative estimate of drug-likeness (QED) is 0.625. The number of carbonyl (C=O) groups excluding carboxylic acids is 1. The van der Waals surface area contributed by atoms with Gasteiger partial charge in [-0.15, -0.1) is 11.3 Å². The monoisotopic (exact) mass is 406 g/mol. The molecule has 6 heteroatoms. The summed E-state index contributed by atoms with van der Waals surface area (Å²) in [5.74, 6) is 0.850. The minimum Gasteiger partial charge on any atom is -0.489 e. The number of nitrogens with one attached hydrogen (secondary N) is 3. The Balaban J connectivity index is 1.30. The molecule has 0 fully saturated rings. The van der Waals surface area contributed by atoms with Crippen LogP contribution in [0, 0.1) is 0 Å². The van der Waals surface area contributed by atoms with Crippen LogP contribution < -0.4 is 20.3 Å². The minimum atomic E-state index is -0.219. The van der Waals surface area contributed by atoms with Crippen molar-refractivity contribution in [2.45, 2.75) is 25.7 Å². The van der Waals surface area contributed by atoms with Crippen LogP contribution in [0.2, 0.25) is 0 Å². The van der Waals surface area contributed by atoms with E-state index in [0.29, 0.717) is 6.61 Å². The summed E-state index contributed by atoms with van der Waals surface area (Å²) < 4.78 is 5.87. The summed E-state index contributed by atoms with van der Waals surface area (Å²) in [6, 6.07) is 18.0. The number of benzene rings is 2. The van der Waals surface area contributed by atoms with Gasteiger partial charge in [0.25, 0.3) is 5.91 Å². The fourth-order valence-electron chi connectivity index (χ4n) is 4.00. The van der Waals surface area contributed by atoms with E-state index in [9.17, 15) is 4.79 Å². The molecule has 0 saturated heterocycles. The predicted octanol–water partition coefficient (Wildman–Crippen LogP) is 2.75. The second-order valence-electron chi connectivity index (χ2n) is 7.74. The smallest absolute Gasteiger partial charge is 0.256 e. The van der Waals surface area contributed by atoms with E-state index in [0.717, 1.165) is 47.0 Å². The van der Waals surface area contributed by atoms with E-state index >= 15 is 0 Å². The van der Waals surface area contributed by atoms with Gasteiger partial charge >= 0.3 is 0 Å². The Morgan fingerprint density at radius 1 is 1.10 bits per heavy atom. The maximum atomic E-state index is 12.8. The van der Waals surface area contributed by atoms with Crippen molar-refractivity contribution >= 4 is 22.2 Å². The fraction of sp³-hybridized carbons (Fsp3) is 0.261. The van der Waals surface area contributed by atoms with Gasteiger partial charge in [0, 0.05) is 6.42 Å². The molecule has 148 valence electrons. The standard InChI is InChI=1S/C23H23N3O2S/c1-26-12-11-18-19(13-26)29-23-20(18)22(27)24-21(25-23)16-7-9-17(10-8-16)28-14-15-5-3-2-4-6-15/h2-10,21,25H,11-14H2,1H3,(H,24,27)/p+1/t21-/m1/s1. The Morgan fingerprint density at radius 2 is 1.90 bits per heavy atom. The lowest BCUT2D eigenvalue weighted by molar-refractivity contribution is -0.895. The molecular formula is C23H24N3O2S+. The van der Waals surface area contributed by atoms with Gasteiger partial charge in [0.05, 0.1) is 24.0 Å². The number of thiophene rings is 1. The number of ether oxygens (including phenoxy) is 1. The van der Waals surface area contributed by atoms with Crippen LogP contribution in [0.15, 0.2) is 54.6 Å². The molecule has 0 saturated carbocycles. The largest absolute Gasteiger partial charge is 0.489 e. The number of likely N-dealkylation sites (N-methyl/N-ethyl adjacent to an activating group) is 1. The molecule has 3 aromatic rings. The van der Waals surface area contributed by atoms with Crippen molar-refractivity contribution < 1.29 is 14.4 Å². The van der Waals surface area contributed by atoms with Crippen LogP contribution in [0.1, 0.15) is 38.1 Å². The molecule has 5 nitrogen and oxygen atoms in total. The average Bonchev–Trinajstić information content (AvgIpc) is 3.11. The highest BCUT2D eigenvalue weighted by Gasteiger charge is 2.33. The first-order valence-corrected chi connectivity index (χ1v) is 10.8. The molecule has 3 heterocycles. The molecule has 2 aliphatic rings. The number of amides is 1. The molecule has 5 rings (SSSR count). The molecule has 0 bridgehead atoms. The number of anilines is 1. The summed E-state index contributed by atoms with van der Waals surface area (Å²) in [7, 11) is 2.21. The Hall–Kier alpha value is -2.83. The van der Waals surface area contributed by atoms with Gasteiger partial charge < -0.3 is 20.3 Å². The number of hydrogen-bond acceptors (Lipinski definition) is 4. The molecule has 0 aliphatic carbocycles. The van der Waals surface area contributed by atoms with E-state index < -0.39 is 0 Å². The third kappa shape index (κ3) is 3.61. The summed E-state index contributed by atoms with van der Waals surface area (Å²) in [5.41, 5.74) is 4.25. The molecule has 2 atom stereocenters. The third-order valence-corrected chi connectivity index (χ3v) is 6.76. The van der Waals surface area contributed by atoms with Gasteiger partial charge in [-0.2, -0.15) is 0 Å². The van der Waals surface area contributed by atoms with Crippen LogP contribution >= 0.6 is 11.3 Å². The fourth-order valence-corrected chi connectivity index (χ4v) is 5.38. The molecule has 1 amide bonds. The molecular weight excluding hydrogens is 382 g/mol. The molecule has 29 heavy (non-hydrogen) atoms. The Bertz CT molecular complexity index is 1030. The van der Waals surface area contributed by atoms with Crippen molar-refractivity contribution in [3.63, 3.8) is 0 Å². The number of quaternary nitrogens is 1. The van der Waals surface area contributed by atoms with Gasteiger partial charge in [-0.3, -0.25) is 4.79 Å². The first-order valence-electron chi connectivity index (χ1n) is 9.97. The van der Waals surface area contributed by atoms with Crippen molar-refractivity contribution in [1.82, 2.24) is 5.32 Å². The molecule has 1 unspecified atom stereocenters. The van der Waals surface area contributed by atoms with Crippen LogP contribution in [-0.2, 0) is 19.6 Å². The summed E-state index contributed by atoms with van der Waals surface area (Å²) in [5, 5.41) is 7.65. The van der Waals surface area contributed by atoms with E-state index in [4.69, 9.17) is 4.74 Å². The highest BCUT2D eigenvalue weighted by atomic mass is 32.1. The highest BCUT2D eigenvalue weighted by Crippen LogP contribution is 2.39. The van der Waals surface area contributed by atoms with Crippen LogP contribution in [0.5, 0.6) is 5.75 Å². The normalized spacial score (nSPS) is 20.2. The average molecular weight is 407 g/mol. The molecule has 1 aromatic heterocycles. The van der Waals surface area contributed by atoms with Gasteiger partial charge in [0.15, 0.2) is 0 Å². The van der Waals surface area contributed by atoms with Crippen molar-refractivity contribution in [2.75, 3.05) is 18.9 Å². The summed E-state index contributed by atoms with van der Waals surface area (Å²) in [4.78, 5) is 15.7. The van der Waals surface area contributed by atoms with Crippen LogP contribution in [0.4, 0.5) is 5.00 Å². The van der Waals surface area contributed by atoms with E-state index in [-0.39, 0.29) is 12.1 Å². The van der Waals surface area contributed by atoms with E-state index in [1.807, 2.05) is 54.6 Å². The lowest BCUT2D eigenvalue weighted by Crippen LogP contribution is -3.08. The molecule has 2 aromatic carbocycles. The third-order valence-electron chi connectivity index (χ3n) is 5.59. The Morgan fingerprint density at radius 3 is 2.69 bits per heavy atom. The predicted molar refractivity (Wildman–Crippen MR) is 115 cm³/mol. The van der Waals surface area contributed by atoms with Gasteiger partial charge in [-0.25, -0.2) is 0 Å². The Kier molecular flexibility index (Phi) is 4.73. The second-order valence-corrected chi connectivity index (χ2v) is 8.84. The lowest BCUT2D eigenvalue weighted by Gasteiger charge is -2.27. The van der Waals surface area contributed by atoms with Crippen LogP contribution in [0.25, 0.3) is 0 Å². The maximum Gasteiger partial charge on any atom is 0.256 e. The topological polar surface area (TPSA) is 54.8 Å². The van der Waals surface area contributed by atoms with Gasteiger partial charge in [-0.1, -0.05) is 42.5 Å². The molecule has 2 aliphatic heterocycles. The molecule has 0 spiro atoms. The van der Waals surface area contributed by atoms with E-state index in [2.05, 4.69) is 17.7 Å². The SMILES string of the molecule is C[NH+]1CCc2c(sc3c2C(=O)N[C@@H](c2ccc(OCc4ccccc4)cc2)N3)C1. The number of hydrogen-bond donors (Lipinski definition) is 3. The van der Waals surface area contributed by atoms with Crippen molar-refractivity contribution in [3.05, 3.63) is 81.7 Å². The molecule has 0 radical (unpaired) electrons. The van der Waals surface area contributed by atoms with E-state index in [1.165, 1.54) is 15.3 Å². The zero-order chi connectivity index (χ0) is 19.8. The zero-order valence-electron chi connectivity index (χ0n) is 16.3. The zero-order valence-corrected chi connectivity index (χ0v) is 17.1. The van der Waals surface area contributed by atoms with Gasteiger partial charge in [0.1, 0.15) is 30.1 Å². The van der Waals surface area contributed by atoms with Crippen molar-refractivity contribution in [2.24, 2.45) is 0 Å². The number of carbonyl (C=O) groups is 1. The van der Waals surface area contributed by atoms with E-state index in [1.54, 1.807) is 11.3 Å². The summed E-state index contributed by atoms with van der Waals surface area (Å²) >= 11 is 1.74. The van der Waals surface area contributed by atoms with Crippen LogP contribution in [0.3, 0.4) is 0 Å². The lowest BCUT2D eigenvalue weighted by atomic mass is 10.0. The van der Waals surface area contributed by atoms with Gasteiger partial charge in [-0.05, 0) is 28.8 Å². The number of rotatable bonds is 4. The van der Waals surface area contributed by atoms with Crippen molar-refractivity contribution in [1.29, 1.82) is 0 Å². The van der Waals surface area contributed by atoms with Gasteiger partial charge in [0.2, 0.25) is 0 Å². The van der Waals surface area contributed by atoms with Crippen molar-refractivity contribution in [3.8, 4) is 5.75 Å². The Labute approximate surface area is 174 Å². The summed E-state index contributed by atoms with van der Waals surface area (Å²) in [6.45, 7) is 2.62. The first-order chi connectivity index (χ1) is 14.2. The minimum absolute atomic E-state index is 0.0326. The summed E-state index contributed by atoms with van der Waals surface area (Å²) in [6.07, 6.45) is 0.753. The van der Waals surface area contributed by atoms with Crippen LogP contribution in [-0.4, -0.2) is 19.5 Å². The first kappa shape index (κ1) is 18.2. The highest BCUT2D eigenvalue weighted by molar-refractivity contribution is 7.16. The maximum absolute atomic E-state index is 12.8. The number of fused-ring (bicyclic) bond motifs is 3. The second kappa shape index (κ2) is 7.54. The molecule has 3 N–H and O–H groups in total.